The van der Waals surface area contributed by atoms with Crippen molar-refractivity contribution in [3.8, 4) is 17.2 Å². The highest BCUT2D eigenvalue weighted by Crippen LogP contribution is 2.39. The zero-order valence-electron chi connectivity index (χ0n) is 22.4. The van der Waals surface area contributed by atoms with Gasteiger partial charge in [0.2, 0.25) is 5.75 Å². The molecule has 0 amide bonds. The first-order valence-electron chi connectivity index (χ1n) is 13.1. The van der Waals surface area contributed by atoms with Gasteiger partial charge in [0, 0.05) is 17.9 Å². The van der Waals surface area contributed by atoms with E-state index in [9.17, 15) is 0 Å². The van der Waals surface area contributed by atoms with Crippen molar-refractivity contribution in [3.05, 3.63) is 53.6 Å². The first-order chi connectivity index (χ1) is 18.1. The van der Waals surface area contributed by atoms with E-state index in [2.05, 4.69) is 24.4 Å². The number of benzene rings is 3. The molecule has 0 radical (unpaired) electrons. The lowest BCUT2D eigenvalue weighted by atomic mass is 10.0. The zero-order valence-corrected chi connectivity index (χ0v) is 22.4. The number of hydrogen-bond donors (Lipinski definition) is 2. The molecule has 3 aromatic carbocycles. The monoisotopic (exact) mass is 502 g/mol. The average Bonchev–Trinajstić information content (AvgIpc) is 2.91. The third-order valence-corrected chi connectivity index (χ3v) is 6.67. The average molecular weight is 503 g/mol. The van der Waals surface area contributed by atoms with Crippen LogP contribution in [0.25, 0.3) is 22.1 Å². The second-order valence-electron chi connectivity index (χ2n) is 9.37. The minimum Gasteiger partial charge on any atom is -0.493 e. The second kappa shape index (κ2) is 12.5. The van der Waals surface area contributed by atoms with E-state index in [0.717, 1.165) is 45.4 Å². The van der Waals surface area contributed by atoms with Gasteiger partial charge in [0.1, 0.15) is 0 Å². The molecule has 1 aromatic heterocycles. The maximum atomic E-state index is 6.46. The number of anilines is 2. The zero-order chi connectivity index (χ0) is 26.2. The Morgan fingerprint density at radius 2 is 1.38 bits per heavy atom. The Morgan fingerprint density at radius 1 is 0.730 bits per heavy atom. The summed E-state index contributed by atoms with van der Waals surface area (Å²) in [6.45, 7) is 3.22. The molecule has 0 aliphatic heterocycles. The minimum atomic E-state index is 0.568. The summed E-state index contributed by atoms with van der Waals surface area (Å²) < 4.78 is 16.4. The molecule has 3 N–H and O–H groups in total. The van der Waals surface area contributed by atoms with E-state index in [1.165, 1.54) is 38.5 Å². The number of rotatable bonds is 13. The number of aromatic nitrogens is 2. The number of fused-ring (bicyclic) bond motifs is 2. The molecule has 0 fully saturated rings. The summed E-state index contributed by atoms with van der Waals surface area (Å²) in [5, 5.41) is 3.53. The topological polar surface area (TPSA) is 91.5 Å². The normalized spacial score (nSPS) is 11.1. The maximum absolute atomic E-state index is 6.46. The molecular weight excluding hydrogens is 464 g/mol. The molecule has 0 atom stereocenters. The van der Waals surface area contributed by atoms with E-state index in [-0.39, 0.29) is 0 Å². The fourth-order valence-electron chi connectivity index (χ4n) is 4.64. The van der Waals surface area contributed by atoms with Crippen molar-refractivity contribution in [3.63, 3.8) is 0 Å². The van der Waals surface area contributed by atoms with Crippen molar-refractivity contribution < 1.29 is 14.2 Å². The van der Waals surface area contributed by atoms with Gasteiger partial charge in [-0.2, -0.15) is 0 Å². The molecule has 0 saturated carbocycles. The molecular formula is C30H38N4O3. The van der Waals surface area contributed by atoms with Crippen molar-refractivity contribution >= 4 is 33.4 Å². The highest BCUT2D eigenvalue weighted by atomic mass is 16.5. The van der Waals surface area contributed by atoms with Crippen LogP contribution in [0.4, 0.5) is 11.4 Å². The number of hydrogen-bond acceptors (Lipinski definition) is 7. The van der Waals surface area contributed by atoms with E-state index >= 15 is 0 Å². The van der Waals surface area contributed by atoms with Crippen LogP contribution in [-0.2, 0) is 6.42 Å². The predicted octanol–water partition coefficient (Wildman–Crippen LogP) is 6.75. The fraction of sp³-hybridized carbons (Fsp3) is 0.400. The van der Waals surface area contributed by atoms with Crippen LogP contribution in [0.2, 0.25) is 0 Å². The summed E-state index contributed by atoms with van der Waals surface area (Å²) in [4.78, 5) is 9.74. The van der Waals surface area contributed by atoms with Gasteiger partial charge in [-0.25, -0.2) is 9.97 Å². The van der Waals surface area contributed by atoms with Crippen LogP contribution >= 0.6 is 0 Å². The van der Waals surface area contributed by atoms with E-state index in [4.69, 9.17) is 29.9 Å². The van der Waals surface area contributed by atoms with Crippen LogP contribution in [0.3, 0.4) is 0 Å². The molecule has 4 aromatic rings. The molecule has 0 unspecified atom stereocenters. The lowest BCUT2D eigenvalue weighted by Gasteiger charge is -2.15. The van der Waals surface area contributed by atoms with E-state index in [1.807, 2.05) is 30.3 Å². The molecule has 1 heterocycles. The number of methoxy groups -OCH3 is 3. The van der Waals surface area contributed by atoms with E-state index < -0.39 is 0 Å². The molecule has 0 aliphatic carbocycles. The Kier molecular flexibility index (Phi) is 8.88. The molecule has 7 heteroatoms. The van der Waals surface area contributed by atoms with Crippen molar-refractivity contribution in [1.29, 1.82) is 0 Å². The third-order valence-electron chi connectivity index (χ3n) is 6.67. The number of nitrogen functional groups attached to an aromatic ring is 1. The molecule has 4 rings (SSSR count). The summed E-state index contributed by atoms with van der Waals surface area (Å²) in [5.41, 5.74) is 13.5. The highest BCUT2D eigenvalue weighted by molar-refractivity contribution is 5.90. The number of unbranched alkanes of at least 4 members (excludes halogenated alkanes) is 5. The van der Waals surface area contributed by atoms with Gasteiger partial charge in [-0.15, -0.1) is 0 Å². The third kappa shape index (κ3) is 6.34. The van der Waals surface area contributed by atoms with Crippen LogP contribution in [0.15, 0.2) is 42.5 Å². The van der Waals surface area contributed by atoms with Gasteiger partial charge in [0.15, 0.2) is 11.5 Å². The Bertz CT molecular complexity index is 1330. The second-order valence-corrected chi connectivity index (χ2v) is 9.37. The van der Waals surface area contributed by atoms with Crippen molar-refractivity contribution in [2.45, 2.75) is 51.9 Å². The van der Waals surface area contributed by atoms with Crippen molar-refractivity contribution in [2.75, 3.05) is 38.9 Å². The van der Waals surface area contributed by atoms with Gasteiger partial charge in [-0.3, -0.25) is 0 Å². The standard InChI is InChI=1S/C30H38N4O3/c1-5-6-7-8-9-10-13-32-22-11-12-24-26(18-22)34-27-19-23(31)21(17-25(27)33-24)14-20-15-28(35-2)30(37-4)29(16-20)36-3/h11-12,15-19,32H,5-10,13-14,31H2,1-4H3. The number of ether oxygens (including phenoxy) is 3. The first kappa shape index (κ1) is 26.3. The summed E-state index contributed by atoms with van der Waals surface area (Å²) in [5.74, 6) is 1.80. The predicted molar refractivity (Wildman–Crippen MR) is 152 cm³/mol. The number of nitrogens with two attached hydrogens (primary N) is 1. The van der Waals surface area contributed by atoms with E-state index in [0.29, 0.717) is 29.4 Å². The molecule has 7 nitrogen and oxygen atoms in total. The van der Waals surface area contributed by atoms with Gasteiger partial charge >= 0.3 is 0 Å². The van der Waals surface area contributed by atoms with Gasteiger partial charge in [-0.05, 0) is 66.4 Å². The van der Waals surface area contributed by atoms with Gasteiger partial charge in [0.05, 0.1) is 43.4 Å². The van der Waals surface area contributed by atoms with Crippen LogP contribution < -0.4 is 25.3 Å². The molecule has 0 aliphatic rings. The lowest BCUT2D eigenvalue weighted by molar-refractivity contribution is 0.324. The first-order valence-corrected chi connectivity index (χ1v) is 13.1. The molecule has 0 bridgehead atoms. The summed E-state index contributed by atoms with van der Waals surface area (Å²) in [7, 11) is 4.82. The Morgan fingerprint density at radius 3 is 2.08 bits per heavy atom. The molecule has 196 valence electrons. The smallest absolute Gasteiger partial charge is 0.203 e. The highest BCUT2D eigenvalue weighted by Gasteiger charge is 2.15. The van der Waals surface area contributed by atoms with Crippen LogP contribution in [0, 0.1) is 0 Å². The van der Waals surface area contributed by atoms with Crippen LogP contribution in [0.5, 0.6) is 17.2 Å². The van der Waals surface area contributed by atoms with Crippen molar-refractivity contribution in [1.82, 2.24) is 9.97 Å². The molecule has 37 heavy (non-hydrogen) atoms. The fourth-order valence-corrected chi connectivity index (χ4v) is 4.64. The lowest BCUT2D eigenvalue weighted by Crippen LogP contribution is -2.02. The maximum Gasteiger partial charge on any atom is 0.203 e. The Balaban J connectivity index is 1.52. The summed E-state index contributed by atoms with van der Waals surface area (Å²) in [6.07, 6.45) is 8.31. The quantitative estimate of drug-likeness (QED) is 0.119. The molecule has 0 saturated heterocycles. The van der Waals surface area contributed by atoms with Crippen molar-refractivity contribution in [2.24, 2.45) is 0 Å². The SMILES string of the molecule is CCCCCCCCNc1ccc2nc3cc(Cc4cc(OC)c(OC)c(OC)c4)c(N)cc3nc2c1. The summed E-state index contributed by atoms with van der Waals surface area (Å²) in [6, 6.07) is 14.0. The Hall–Kier alpha value is -3.74. The van der Waals surface area contributed by atoms with Crippen LogP contribution in [-0.4, -0.2) is 37.8 Å². The largest absolute Gasteiger partial charge is 0.493 e. The molecule has 0 spiro atoms. The van der Waals surface area contributed by atoms with Crippen LogP contribution in [0.1, 0.15) is 56.6 Å². The minimum absolute atomic E-state index is 0.568. The van der Waals surface area contributed by atoms with E-state index in [1.54, 1.807) is 21.3 Å². The van der Waals surface area contributed by atoms with Gasteiger partial charge in [-0.1, -0.05) is 39.0 Å². The summed E-state index contributed by atoms with van der Waals surface area (Å²) >= 11 is 0. The Labute approximate surface area is 219 Å². The van der Waals surface area contributed by atoms with Gasteiger partial charge < -0.3 is 25.3 Å². The number of nitrogens with zero attached hydrogens (tertiary/aromatic N) is 2. The number of nitrogens with one attached hydrogen (secondary N) is 1. The van der Waals surface area contributed by atoms with Gasteiger partial charge in [0.25, 0.3) is 0 Å².